The average molecular weight is 171 g/mol. The maximum absolute atomic E-state index is 5.43. The van der Waals surface area contributed by atoms with Crippen LogP contribution in [0.2, 0.25) is 10.2 Å². The van der Waals surface area contributed by atoms with Crippen molar-refractivity contribution in [3.63, 3.8) is 0 Å². The van der Waals surface area contributed by atoms with Crippen molar-refractivity contribution in [3.05, 3.63) is 28.5 Å². The van der Waals surface area contributed by atoms with Crippen LogP contribution in [-0.2, 0) is 0 Å². The molecule has 0 aliphatic carbocycles. The molecule has 0 bridgehead atoms. The number of rotatable bonds is 0. The van der Waals surface area contributed by atoms with Crippen LogP contribution in [0.5, 0.6) is 0 Å². The van der Waals surface area contributed by atoms with E-state index in [4.69, 9.17) is 23.2 Å². The first-order valence-electron chi connectivity index (χ1n) is 1.99. The van der Waals surface area contributed by atoms with Crippen LogP contribution in [0.4, 0.5) is 0 Å². The molecule has 43 valence electrons. The Balaban J connectivity index is 0.000000640. The molecular formula is C5H3Cl2NNa. The molecule has 0 saturated carbocycles. The molecule has 0 atom stereocenters. The third kappa shape index (κ3) is 3.43. The van der Waals surface area contributed by atoms with E-state index in [1.165, 1.54) is 0 Å². The summed E-state index contributed by atoms with van der Waals surface area (Å²) < 4.78 is 0. The molecule has 1 heterocycles. The molecule has 0 aliphatic rings. The van der Waals surface area contributed by atoms with Crippen molar-refractivity contribution in [3.8, 4) is 0 Å². The SMILES string of the molecule is Clc1[c]nc(Cl)cc1.[NaH]. The van der Waals surface area contributed by atoms with Crippen molar-refractivity contribution in [1.29, 1.82) is 0 Å². The molecule has 9 heavy (non-hydrogen) atoms. The normalized spacial score (nSPS) is 8.22. The number of aromatic nitrogens is 1. The van der Waals surface area contributed by atoms with E-state index in [0.29, 0.717) is 10.2 Å². The summed E-state index contributed by atoms with van der Waals surface area (Å²) in [6.07, 6.45) is 2.48. The van der Waals surface area contributed by atoms with Gasteiger partial charge in [0.1, 0.15) is 11.3 Å². The monoisotopic (exact) mass is 170 g/mol. The van der Waals surface area contributed by atoms with Crippen LogP contribution in [-0.4, -0.2) is 34.5 Å². The van der Waals surface area contributed by atoms with Gasteiger partial charge in [-0.15, -0.1) is 0 Å². The Bertz CT molecular complexity index is 154. The van der Waals surface area contributed by atoms with E-state index in [9.17, 15) is 0 Å². The molecule has 0 unspecified atom stereocenters. The van der Waals surface area contributed by atoms with Gasteiger partial charge in [0.15, 0.2) is 0 Å². The van der Waals surface area contributed by atoms with Crippen molar-refractivity contribution in [2.75, 3.05) is 0 Å². The van der Waals surface area contributed by atoms with Crippen LogP contribution in [0.15, 0.2) is 12.1 Å². The number of pyridine rings is 1. The number of hydrogen-bond donors (Lipinski definition) is 0. The molecule has 1 radical (unpaired) electrons. The Kier molecular flexibility index (Phi) is 4.90. The van der Waals surface area contributed by atoms with Gasteiger partial charge in [-0.2, -0.15) is 0 Å². The van der Waals surface area contributed by atoms with Crippen molar-refractivity contribution in [1.82, 2.24) is 4.98 Å². The summed E-state index contributed by atoms with van der Waals surface area (Å²) in [4.78, 5) is 3.59. The zero-order valence-corrected chi connectivity index (χ0v) is 5.37. The zero-order valence-electron chi connectivity index (χ0n) is 3.86. The van der Waals surface area contributed by atoms with E-state index in [-0.39, 0.29) is 29.6 Å². The van der Waals surface area contributed by atoms with Crippen LogP contribution in [0, 0.1) is 6.20 Å². The second-order valence-corrected chi connectivity index (χ2v) is 2.02. The van der Waals surface area contributed by atoms with Gasteiger partial charge >= 0.3 is 29.6 Å². The molecule has 4 heteroatoms. The minimum absolute atomic E-state index is 0. The molecule has 0 aromatic carbocycles. The quantitative estimate of drug-likeness (QED) is 0.426. The summed E-state index contributed by atoms with van der Waals surface area (Å²) in [6.45, 7) is 0. The molecule has 1 aromatic rings. The van der Waals surface area contributed by atoms with Crippen molar-refractivity contribution in [2.24, 2.45) is 0 Å². The fourth-order valence-corrected chi connectivity index (χ4v) is 0.534. The first kappa shape index (κ1) is 9.73. The predicted octanol–water partition coefficient (Wildman–Crippen LogP) is 1.54. The summed E-state index contributed by atoms with van der Waals surface area (Å²) in [5.74, 6) is 0. The van der Waals surface area contributed by atoms with Gasteiger partial charge < -0.3 is 0 Å². The Morgan fingerprint density at radius 3 is 2.33 bits per heavy atom. The first-order valence-corrected chi connectivity index (χ1v) is 2.74. The van der Waals surface area contributed by atoms with Gasteiger partial charge in [0.05, 0.1) is 5.02 Å². The van der Waals surface area contributed by atoms with Gasteiger partial charge in [-0.1, -0.05) is 23.2 Å². The van der Waals surface area contributed by atoms with Crippen LogP contribution >= 0.6 is 23.2 Å². The van der Waals surface area contributed by atoms with E-state index in [2.05, 4.69) is 11.2 Å². The van der Waals surface area contributed by atoms with E-state index in [0.717, 1.165) is 0 Å². The molecule has 1 aromatic heterocycles. The fourth-order valence-electron chi connectivity index (χ4n) is 0.323. The topological polar surface area (TPSA) is 12.9 Å². The Morgan fingerprint density at radius 2 is 2.00 bits per heavy atom. The predicted molar refractivity (Wildman–Crippen MR) is 40.2 cm³/mol. The van der Waals surface area contributed by atoms with Crippen LogP contribution < -0.4 is 0 Å². The van der Waals surface area contributed by atoms with Crippen molar-refractivity contribution >= 4 is 52.8 Å². The standard InChI is InChI=1S/C5H2Cl2N.Na.H/c6-4-1-2-5(7)8-3-4;;/h1-2H;;. The minimum atomic E-state index is 0. The molecule has 0 amide bonds. The summed E-state index contributed by atoms with van der Waals surface area (Å²) in [5, 5.41) is 0.892. The van der Waals surface area contributed by atoms with Gasteiger partial charge in [0.2, 0.25) is 0 Å². The van der Waals surface area contributed by atoms with Gasteiger partial charge in [0, 0.05) is 0 Å². The van der Waals surface area contributed by atoms with Crippen molar-refractivity contribution < 1.29 is 0 Å². The van der Waals surface area contributed by atoms with E-state index in [1.807, 2.05) is 0 Å². The Morgan fingerprint density at radius 1 is 1.33 bits per heavy atom. The second kappa shape index (κ2) is 4.53. The number of hydrogen-bond acceptors (Lipinski definition) is 1. The summed E-state index contributed by atoms with van der Waals surface area (Å²) in [6, 6.07) is 3.25. The average Bonchev–Trinajstić information content (AvgIpc) is 1.77. The second-order valence-electron chi connectivity index (χ2n) is 1.23. The van der Waals surface area contributed by atoms with Gasteiger partial charge in [0.25, 0.3) is 0 Å². The molecule has 0 N–H and O–H groups in total. The maximum atomic E-state index is 5.43. The first-order chi connectivity index (χ1) is 3.79. The van der Waals surface area contributed by atoms with Gasteiger partial charge in [-0.3, -0.25) is 0 Å². The molecule has 1 nitrogen and oxygen atoms in total. The molecule has 0 spiro atoms. The Labute approximate surface area is 85.7 Å². The zero-order chi connectivity index (χ0) is 5.98. The summed E-state index contributed by atoms with van der Waals surface area (Å²) in [5.41, 5.74) is 0. The van der Waals surface area contributed by atoms with Gasteiger partial charge in [-0.05, 0) is 12.1 Å². The Hall–Kier alpha value is 0.730. The molecule has 0 aliphatic heterocycles. The molecule has 1 rings (SSSR count). The number of halogens is 2. The molecular weight excluding hydrogens is 168 g/mol. The van der Waals surface area contributed by atoms with E-state index < -0.39 is 0 Å². The fraction of sp³-hybridized carbons (Fsp3) is 0. The van der Waals surface area contributed by atoms with Crippen LogP contribution in [0.3, 0.4) is 0 Å². The molecule has 0 fully saturated rings. The van der Waals surface area contributed by atoms with Gasteiger partial charge in [-0.25, -0.2) is 4.98 Å². The number of nitrogens with zero attached hydrogens (tertiary/aromatic N) is 1. The summed E-state index contributed by atoms with van der Waals surface area (Å²) in [7, 11) is 0. The van der Waals surface area contributed by atoms with E-state index in [1.54, 1.807) is 12.1 Å². The van der Waals surface area contributed by atoms with Crippen LogP contribution in [0.25, 0.3) is 0 Å². The van der Waals surface area contributed by atoms with E-state index >= 15 is 0 Å². The summed E-state index contributed by atoms with van der Waals surface area (Å²) >= 11 is 10.8. The van der Waals surface area contributed by atoms with Crippen molar-refractivity contribution in [2.45, 2.75) is 0 Å². The third-order valence-corrected chi connectivity index (χ3v) is 1.06. The third-order valence-electron chi connectivity index (χ3n) is 0.637. The van der Waals surface area contributed by atoms with Crippen LogP contribution in [0.1, 0.15) is 0 Å². The molecule has 0 saturated heterocycles.